The Balaban J connectivity index is 6.80. The Labute approximate surface area is 146 Å². The Morgan fingerprint density at radius 3 is 0.655 bits per heavy atom. The molecule has 3 nitrogen and oxygen atoms in total. The molecule has 0 rings (SSSR count). The fraction of sp³-hybridized carbons (Fsp3) is 1.00. The first-order chi connectivity index (χ1) is 12.1. The van der Waals surface area contributed by atoms with E-state index in [9.17, 15) is 78.2 Å². The molecule has 0 N–H and O–H groups in total. The zero-order valence-electron chi connectivity index (χ0n) is 12.0. The molecule has 0 spiro atoms. The fourth-order valence-corrected chi connectivity index (χ4v) is 4.94. The number of rotatable bonds is 7. The van der Waals surface area contributed by atoms with Crippen molar-refractivity contribution in [3.8, 4) is 0 Å². The standard InChI is InChI=1S/C6F18O3Si2/c7-1(8,9)4(16,17)25-29(28(22,23)24,26-5(18,19)2(10,11)12)27-6(20,21)3(13,14)15. The highest BCUT2D eigenvalue weighted by molar-refractivity contribution is 7.25. The molecule has 0 heterocycles. The third kappa shape index (κ3) is 6.03. The molecule has 0 atom stereocenters. The molecule has 0 aliphatic carbocycles. The van der Waals surface area contributed by atoms with Crippen LogP contribution in [0.25, 0.3) is 0 Å². The monoisotopic (exact) mass is 518 g/mol. The summed E-state index contributed by atoms with van der Waals surface area (Å²) in [5.41, 5.74) is 0. The van der Waals surface area contributed by atoms with Crippen LogP contribution in [0.2, 0.25) is 0 Å². The van der Waals surface area contributed by atoms with Crippen molar-refractivity contribution in [1.29, 1.82) is 0 Å². The van der Waals surface area contributed by atoms with Gasteiger partial charge in [0.25, 0.3) is 0 Å². The zero-order chi connectivity index (χ0) is 24.1. The molecule has 0 aromatic heterocycles. The molecule has 29 heavy (non-hydrogen) atoms. The van der Waals surface area contributed by atoms with Crippen LogP contribution in [0.4, 0.5) is 78.2 Å². The molecular weight excluding hydrogens is 518 g/mol. The predicted octanol–water partition coefficient (Wildman–Crippen LogP) is 5.37. The third-order valence-corrected chi connectivity index (χ3v) is 7.40. The van der Waals surface area contributed by atoms with E-state index in [2.05, 4.69) is 0 Å². The summed E-state index contributed by atoms with van der Waals surface area (Å²) in [4.78, 5) is 0. The molecule has 0 aromatic carbocycles. The van der Waals surface area contributed by atoms with Gasteiger partial charge in [-0.05, 0) is 0 Å². The van der Waals surface area contributed by atoms with Crippen LogP contribution in [0, 0.1) is 0 Å². The minimum atomic E-state index is -9.50. The number of halogens is 18. The Kier molecular flexibility index (Phi) is 7.09. The summed E-state index contributed by atoms with van der Waals surface area (Å²) < 4.78 is 227. The van der Waals surface area contributed by atoms with Crippen molar-refractivity contribution in [3.63, 3.8) is 0 Å². The maximum Gasteiger partial charge on any atom is 0.690 e. The average Bonchev–Trinajstić information content (AvgIpc) is 2.30. The summed E-state index contributed by atoms with van der Waals surface area (Å²) in [7, 11) is -19.0. The Bertz CT molecular complexity index is 501. The minimum absolute atomic E-state index is 1.63. The van der Waals surface area contributed by atoms with E-state index in [4.69, 9.17) is 0 Å². The smallest absolute Gasteiger partial charge is 0.303 e. The van der Waals surface area contributed by atoms with E-state index in [-0.39, 0.29) is 0 Å². The van der Waals surface area contributed by atoms with E-state index in [1.165, 1.54) is 0 Å². The zero-order valence-corrected chi connectivity index (χ0v) is 14.0. The first kappa shape index (κ1) is 28.1. The maximum atomic E-state index is 12.9. The van der Waals surface area contributed by atoms with Crippen molar-refractivity contribution in [2.75, 3.05) is 0 Å². The van der Waals surface area contributed by atoms with Gasteiger partial charge in [-0.2, -0.15) is 65.9 Å². The molecule has 0 saturated heterocycles. The van der Waals surface area contributed by atoms with Gasteiger partial charge in [0.2, 0.25) is 0 Å². The molecule has 23 heteroatoms. The molecule has 0 aromatic rings. The van der Waals surface area contributed by atoms with Crippen molar-refractivity contribution in [2.45, 2.75) is 36.9 Å². The predicted molar refractivity (Wildman–Crippen MR) is 51.1 cm³/mol. The van der Waals surface area contributed by atoms with Crippen LogP contribution in [0.3, 0.4) is 0 Å². The van der Waals surface area contributed by atoms with Crippen molar-refractivity contribution in [1.82, 2.24) is 0 Å². The molecule has 0 aliphatic rings. The maximum absolute atomic E-state index is 12.9. The Morgan fingerprint density at radius 2 is 0.552 bits per heavy atom. The molecule has 0 fully saturated rings. The molecule has 0 saturated carbocycles. The SMILES string of the molecule is FC(F)(F)C(F)(F)O[Si](OC(F)(F)C(F)(F)F)(OC(F)(F)C(F)(F)F)[Si](F)(F)F. The summed E-state index contributed by atoms with van der Waals surface area (Å²) >= 11 is 0. The average molecular weight is 518 g/mol. The summed E-state index contributed by atoms with van der Waals surface area (Å²) in [5, 5.41) is 0. The van der Waals surface area contributed by atoms with Gasteiger partial charge < -0.3 is 13.3 Å². The number of hydrogen-bond acceptors (Lipinski definition) is 3. The molecular formula is C6F18O3Si2. The Hall–Kier alpha value is -0.946. The normalized spacial score (nSPS) is 16.3. The van der Waals surface area contributed by atoms with Crippen LogP contribution >= 0.6 is 0 Å². The van der Waals surface area contributed by atoms with Crippen molar-refractivity contribution in [2.24, 2.45) is 0 Å². The van der Waals surface area contributed by atoms with E-state index in [0.29, 0.717) is 0 Å². The van der Waals surface area contributed by atoms with Gasteiger partial charge in [0.05, 0.1) is 0 Å². The van der Waals surface area contributed by atoms with E-state index >= 15 is 0 Å². The van der Waals surface area contributed by atoms with Gasteiger partial charge in [0.15, 0.2) is 0 Å². The van der Waals surface area contributed by atoms with Gasteiger partial charge in [-0.3, -0.25) is 0 Å². The molecule has 0 bridgehead atoms. The minimum Gasteiger partial charge on any atom is -0.303 e. The van der Waals surface area contributed by atoms with Gasteiger partial charge in [-0.1, -0.05) is 0 Å². The quantitative estimate of drug-likeness (QED) is 0.258. The lowest BCUT2D eigenvalue weighted by Gasteiger charge is -2.37. The van der Waals surface area contributed by atoms with Crippen LogP contribution in [0.1, 0.15) is 0 Å². The van der Waals surface area contributed by atoms with Crippen molar-refractivity contribution < 1.29 is 91.5 Å². The molecule has 176 valence electrons. The highest BCUT2D eigenvalue weighted by atomic mass is 29.3. The van der Waals surface area contributed by atoms with Crippen molar-refractivity contribution >= 4 is 16.9 Å². The van der Waals surface area contributed by atoms with Gasteiger partial charge in [0, 0.05) is 0 Å². The van der Waals surface area contributed by atoms with Crippen LogP contribution in [0.15, 0.2) is 0 Å². The van der Waals surface area contributed by atoms with E-state index < -0.39 is 53.8 Å². The van der Waals surface area contributed by atoms with Crippen LogP contribution < -0.4 is 0 Å². The molecule has 0 amide bonds. The lowest BCUT2D eigenvalue weighted by molar-refractivity contribution is -0.419. The lowest BCUT2D eigenvalue weighted by atomic mass is 10.6. The second-order valence-electron chi connectivity index (χ2n) is 4.40. The second-order valence-corrected chi connectivity index (χ2v) is 10.7. The Morgan fingerprint density at radius 1 is 0.379 bits per heavy atom. The summed E-state index contributed by atoms with van der Waals surface area (Å²) in [6.45, 7) is 0. The van der Waals surface area contributed by atoms with Gasteiger partial charge in [-0.25, -0.2) is 12.3 Å². The fourth-order valence-electron chi connectivity index (χ4n) is 0.916. The topological polar surface area (TPSA) is 27.7 Å². The highest BCUT2D eigenvalue weighted by Crippen LogP contribution is 2.49. The molecule has 0 radical (unpaired) electrons. The summed E-state index contributed by atoms with van der Waals surface area (Å²) in [6.07, 6.45) is -44.8. The van der Waals surface area contributed by atoms with E-state index in [1.54, 1.807) is 13.3 Å². The first-order valence-corrected chi connectivity index (χ1v) is 9.99. The van der Waals surface area contributed by atoms with Gasteiger partial charge >= 0.3 is 53.8 Å². The largest absolute Gasteiger partial charge is 0.690 e. The summed E-state index contributed by atoms with van der Waals surface area (Å²) in [6, 6.07) is 0. The molecule has 0 unspecified atom stereocenters. The van der Waals surface area contributed by atoms with E-state index in [1.807, 2.05) is 0 Å². The van der Waals surface area contributed by atoms with Gasteiger partial charge in [-0.15, -0.1) is 0 Å². The first-order valence-electron chi connectivity index (χ1n) is 5.63. The third-order valence-electron chi connectivity index (χ3n) is 2.12. The van der Waals surface area contributed by atoms with Crippen LogP contribution in [0.5, 0.6) is 0 Å². The van der Waals surface area contributed by atoms with E-state index in [0.717, 1.165) is 0 Å². The van der Waals surface area contributed by atoms with Gasteiger partial charge in [0.1, 0.15) is 0 Å². The van der Waals surface area contributed by atoms with Crippen LogP contribution in [-0.4, -0.2) is 53.8 Å². The number of alkyl halides is 15. The van der Waals surface area contributed by atoms with Crippen LogP contribution in [-0.2, 0) is 13.3 Å². The highest BCUT2D eigenvalue weighted by Gasteiger charge is 2.86. The second kappa shape index (κ2) is 7.33. The lowest BCUT2D eigenvalue weighted by Crippen LogP contribution is -2.72. The van der Waals surface area contributed by atoms with Crippen molar-refractivity contribution in [3.05, 3.63) is 0 Å². The summed E-state index contributed by atoms with van der Waals surface area (Å²) in [5.74, 6) is 0. The number of hydrogen-bond donors (Lipinski definition) is 0. The molecule has 0 aliphatic heterocycles.